The molecule has 4 atom stereocenters. The summed E-state index contributed by atoms with van der Waals surface area (Å²) < 4.78 is 46.5. The molecule has 0 aliphatic carbocycles. The lowest BCUT2D eigenvalue weighted by Gasteiger charge is -2.25. The molecule has 3 aromatic heterocycles. The summed E-state index contributed by atoms with van der Waals surface area (Å²) in [7, 11) is 0. The second-order valence-corrected chi connectivity index (χ2v) is 10.8. The van der Waals surface area contributed by atoms with Crippen LogP contribution in [0.25, 0.3) is 22.5 Å². The fourth-order valence-electron chi connectivity index (χ4n) is 5.52. The third kappa shape index (κ3) is 6.04. The van der Waals surface area contributed by atoms with E-state index in [2.05, 4.69) is 9.97 Å². The Balaban J connectivity index is 1.30. The topological polar surface area (TPSA) is 132 Å². The number of ether oxygens (including phenoxy) is 4. The van der Waals surface area contributed by atoms with Crippen molar-refractivity contribution in [2.45, 2.75) is 24.5 Å². The van der Waals surface area contributed by atoms with E-state index < -0.39 is 54.9 Å². The van der Waals surface area contributed by atoms with Gasteiger partial charge in [-0.15, -0.1) is 0 Å². The predicted molar refractivity (Wildman–Crippen MR) is 167 cm³/mol. The molecule has 0 amide bonds. The molecule has 0 bridgehead atoms. The summed E-state index contributed by atoms with van der Waals surface area (Å²) in [5.41, 5.74) is 1.02. The molecule has 0 radical (unpaired) electrons. The minimum atomic E-state index is -1.36. The molecule has 4 heterocycles. The number of furan rings is 1. The lowest BCUT2D eigenvalue weighted by atomic mass is 10.1. The van der Waals surface area contributed by atoms with Gasteiger partial charge in [-0.25, -0.2) is 28.7 Å². The molecule has 1 aliphatic heterocycles. The van der Waals surface area contributed by atoms with Gasteiger partial charge in [-0.05, 0) is 48.5 Å². The van der Waals surface area contributed by atoms with Gasteiger partial charge in [0.25, 0.3) is 0 Å². The van der Waals surface area contributed by atoms with Gasteiger partial charge in [0, 0.05) is 6.20 Å². The van der Waals surface area contributed by atoms with Gasteiger partial charge in [0.05, 0.1) is 28.3 Å². The molecule has 1 aliphatic rings. The van der Waals surface area contributed by atoms with Crippen molar-refractivity contribution in [3.63, 3.8) is 0 Å². The van der Waals surface area contributed by atoms with Crippen LogP contribution in [0.5, 0.6) is 0 Å². The van der Waals surface area contributed by atoms with Gasteiger partial charge in [-0.2, -0.15) is 0 Å². The van der Waals surface area contributed by atoms with Crippen LogP contribution >= 0.6 is 0 Å². The number of nitrogens with zero attached hydrogens (tertiary/aromatic N) is 3. The summed E-state index contributed by atoms with van der Waals surface area (Å²) in [6.07, 6.45) is -1.32. The van der Waals surface area contributed by atoms with E-state index in [1.165, 1.54) is 17.2 Å². The van der Waals surface area contributed by atoms with Crippen molar-refractivity contribution >= 4 is 28.9 Å². The Morgan fingerprint density at radius 2 is 1.31 bits per heavy atom. The maximum Gasteiger partial charge on any atom is 0.338 e. The molecule has 11 nitrogen and oxygen atoms in total. The van der Waals surface area contributed by atoms with Gasteiger partial charge in [-0.1, -0.05) is 54.6 Å². The molecule has 0 unspecified atom stereocenters. The van der Waals surface area contributed by atoms with Crippen LogP contribution in [0.4, 0.5) is 4.39 Å². The molecule has 0 saturated carbocycles. The zero-order valence-corrected chi connectivity index (χ0v) is 25.0. The largest absolute Gasteiger partial charge is 0.463 e. The standard InChI is InChI=1S/C36H26FN3O8/c37-25-19-40(32-28(25)29(38-21-39-32)26-17-10-18-44-26)33-31(48-36(43)24-15-8-3-9-16-24)30(47-35(42)23-13-6-2-7-14-23)27(46-33)20-45-34(41)22-11-4-1-5-12-22/h1-19,21,27,30-31,33H,20H2/t27-,30-,31-,33-/m1/s1. The minimum Gasteiger partial charge on any atom is -0.463 e. The Morgan fingerprint density at radius 3 is 1.90 bits per heavy atom. The zero-order valence-electron chi connectivity index (χ0n) is 25.0. The Kier molecular flexibility index (Phi) is 8.46. The number of esters is 3. The van der Waals surface area contributed by atoms with Crippen molar-refractivity contribution in [1.29, 1.82) is 0 Å². The second kappa shape index (κ2) is 13.3. The Hall–Kier alpha value is -6.14. The normalized spacial score (nSPS) is 18.8. The van der Waals surface area contributed by atoms with E-state index in [0.29, 0.717) is 5.76 Å². The van der Waals surface area contributed by atoms with E-state index in [1.54, 1.807) is 103 Å². The highest BCUT2D eigenvalue weighted by molar-refractivity contribution is 5.92. The first kappa shape index (κ1) is 30.5. The molecule has 1 fully saturated rings. The average molecular weight is 648 g/mol. The highest BCUT2D eigenvalue weighted by Gasteiger charge is 2.52. The number of hydrogen-bond donors (Lipinski definition) is 0. The summed E-state index contributed by atoms with van der Waals surface area (Å²) in [6.45, 7) is -0.398. The summed E-state index contributed by atoms with van der Waals surface area (Å²) in [6, 6.07) is 28.0. The van der Waals surface area contributed by atoms with Crippen molar-refractivity contribution in [3.05, 3.63) is 144 Å². The van der Waals surface area contributed by atoms with Crippen molar-refractivity contribution in [1.82, 2.24) is 14.5 Å². The SMILES string of the molecule is O=C(OC[C@H]1O[C@@H](n2cc(F)c3c(-c4ccco4)ncnc32)[C@H](OC(=O)c2ccccc2)[C@@H]1OC(=O)c1ccccc1)c1ccccc1. The molecule has 0 N–H and O–H groups in total. The van der Waals surface area contributed by atoms with Gasteiger partial charge in [0.15, 0.2) is 30.0 Å². The third-order valence-electron chi connectivity index (χ3n) is 7.77. The highest BCUT2D eigenvalue weighted by Crippen LogP contribution is 2.39. The van der Waals surface area contributed by atoms with Crippen LogP contribution in [0.1, 0.15) is 37.3 Å². The Morgan fingerprint density at radius 1 is 0.729 bits per heavy atom. The minimum absolute atomic E-state index is 0.0287. The zero-order chi connectivity index (χ0) is 33.0. The molecule has 3 aromatic carbocycles. The lowest BCUT2D eigenvalue weighted by Crippen LogP contribution is -2.41. The first-order chi connectivity index (χ1) is 23.5. The summed E-state index contributed by atoms with van der Waals surface area (Å²) in [5.74, 6) is -2.54. The maximum atomic E-state index is 15.8. The summed E-state index contributed by atoms with van der Waals surface area (Å²) in [5, 5.41) is 0.0287. The monoisotopic (exact) mass is 647 g/mol. The maximum absolute atomic E-state index is 15.8. The van der Waals surface area contributed by atoms with Crippen molar-refractivity contribution < 1.29 is 42.1 Å². The number of hydrogen-bond acceptors (Lipinski definition) is 10. The lowest BCUT2D eigenvalue weighted by molar-refractivity contribution is -0.0605. The molecular formula is C36H26FN3O8. The van der Waals surface area contributed by atoms with Gasteiger partial charge < -0.3 is 23.4 Å². The number of halogens is 1. The molecule has 12 heteroatoms. The van der Waals surface area contributed by atoms with Crippen molar-refractivity contribution in [2.75, 3.05) is 6.61 Å². The van der Waals surface area contributed by atoms with Crippen LogP contribution in [-0.2, 0) is 18.9 Å². The number of carbonyl (C=O) groups excluding carboxylic acids is 3. The molecule has 240 valence electrons. The van der Waals surface area contributed by atoms with Gasteiger partial charge in [-0.3, -0.25) is 4.57 Å². The summed E-state index contributed by atoms with van der Waals surface area (Å²) in [4.78, 5) is 48.4. The predicted octanol–water partition coefficient (Wildman–Crippen LogP) is 6.04. The third-order valence-corrected chi connectivity index (χ3v) is 7.77. The highest BCUT2D eigenvalue weighted by atomic mass is 19.1. The number of carbonyl (C=O) groups is 3. The fourth-order valence-corrected chi connectivity index (χ4v) is 5.52. The summed E-state index contributed by atoms with van der Waals surface area (Å²) >= 11 is 0. The average Bonchev–Trinajstić information content (AvgIpc) is 3.87. The molecule has 0 spiro atoms. The molecular weight excluding hydrogens is 621 g/mol. The van der Waals surface area contributed by atoms with Crippen LogP contribution in [0.2, 0.25) is 0 Å². The Labute approximate surface area is 272 Å². The quantitative estimate of drug-likeness (QED) is 0.135. The van der Waals surface area contributed by atoms with E-state index in [4.69, 9.17) is 23.4 Å². The van der Waals surface area contributed by atoms with E-state index in [-0.39, 0.29) is 33.4 Å². The van der Waals surface area contributed by atoms with E-state index in [1.807, 2.05) is 0 Å². The van der Waals surface area contributed by atoms with Crippen LogP contribution in [0.15, 0.2) is 126 Å². The fraction of sp³-hybridized carbons (Fsp3) is 0.139. The molecule has 48 heavy (non-hydrogen) atoms. The van der Waals surface area contributed by atoms with Crippen LogP contribution in [0.3, 0.4) is 0 Å². The Bertz CT molecular complexity index is 2050. The molecule has 7 rings (SSSR count). The van der Waals surface area contributed by atoms with E-state index in [0.717, 1.165) is 6.20 Å². The van der Waals surface area contributed by atoms with E-state index >= 15 is 4.39 Å². The van der Waals surface area contributed by atoms with Crippen LogP contribution in [0, 0.1) is 5.82 Å². The number of benzene rings is 3. The number of rotatable bonds is 9. The van der Waals surface area contributed by atoms with Gasteiger partial charge in [0.2, 0.25) is 0 Å². The number of fused-ring (bicyclic) bond motifs is 1. The van der Waals surface area contributed by atoms with Crippen LogP contribution < -0.4 is 0 Å². The van der Waals surface area contributed by atoms with Gasteiger partial charge in [0.1, 0.15) is 30.4 Å². The van der Waals surface area contributed by atoms with Gasteiger partial charge >= 0.3 is 17.9 Å². The van der Waals surface area contributed by atoms with Crippen molar-refractivity contribution in [3.8, 4) is 11.5 Å². The first-order valence-electron chi connectivity index (χ1n) is 14.9. The first-order valence-corrected chi connectivity index (χ1v) is 14.9. The molecule has 6 aromatic rings. The second-order valence-electron chi connectivity index (χ2n) is 10.8. The smallest absolute Gasteiger partial charge is 0.338 e. The molecule has 1 saturated heterocycles. The number of aromatic nitrogens is 3. The van der Waals surface area contributed by atoms with Crippen LogP contribution in [-0.4, -0.2) is 57.4 Å². The van der Waals surface area contributed by atoms with E-state index in [9.17, 15) is 14.4 Å². The van der Waals surface area contributed by atoms with Crippen molar-refractivity contribution in [2.24, 2.45) is 0 Å².